The van der Waals surface area contributed by atoms with Gasteiger partial charge in [0.05, 0.1) is 30.3 Å². The Bertz CT molecular complexity index is 1260. The minimum absolute atomic E-state index is 0.0670. The molecule has 1 fully saturated rings. The fourth-order valence-electron chi connectivity index (χ4n) is 4.53. The Labute approximate surface area is 200 Å². The molecule has 0 radical (unpaired) electrons. The zero-order chi connectivity index (χ0) is 22.9. The van der Waals surface area contributed by atoms with Crippen molar-refractivity contribution in [1.29, 1.82) is 0 Å². The van der Waals surface area contributed by atoms with Gasteiger partial charge in [-0.2, -0.15) is 10.2 Å². The van der Waals surface area contributed by atoms with Gasteiger partial charge >= 0.3 is 0 Å². The minimum Gasteiger partial charge on any atom is -0.347 e. The third kappa shape index (κ3) is 4.63. The monoisotopic (exact) mass is 484 g/mol. The number of fused-ring (bicyclic) bond motifs is 1. The van der Waals surface area contributed by atoms with Crippen LogP contribution in [0, 0.1) is 5.92 Å². The first-order valence-electron chi connectivity index (χ1n) is 11.1. The van der Waals surface area contributed by atoms with Crippen LogP contribution >= 0.6 is 22.9 Å². The molecule has 2 atom stereocenters. The van der Waals surface area contributed by atoms with Crippen molar-refractivity contribution >= 4 is 39.9 Å². The number of amides is 1. The van der Waals surface area contributed by atoms with E-state index in [1.165, 1.54) is 22.3 Å². The van der Waals surface area contributed by atoms with E-state index in [-0.39, 0.29) is 18.0 Å². The molecule has 0 spiro atoms. The number of thiazole rings is 1. The predicted molar refractivity (Wildman–Crippen MR) is 127 cm³/mol. The van der Waals surface area contributed by atoms with E-state index >= 15 is 0 Å². The number of halogens is 1. The quantitative estimate of drug-likeness (QED) is 0.439. The Morgan fingerprint density at radius 2 is 2.06 bits per heavy atom. The Hall–Kier alpha value is -2.85. The highest BCUT2D eigenvalue weighted by molar-refractivity contribution is 7.17. The number of nitrogens with one attached hydrogen (secondary N) is 1. The fourth-order valence-corrected chi connectivity index (χ4v) is 5.35. The lowest BCUT2D eigenvalue weighted by molar-refractivity contribution is 0.0920. The van der Waals surface area contributed by atoms with Crippen molar-refractivity contribution in [3.63, 3.8) is 0 Å². The lowest BCUT2D eigenvalue weighted by Gasteiger charge is -2.32. The normalized spacial score (nSPS) is 18.8. The summed E-state index contributed by atoms with van der Waals surface area (Å²) in [7, 11) is 0. The average molecular weight is 485 g/mol. The van der Waals surface area contributed by atoms with Gasteiger partial charge in [0.1, 0.15) is 15.7 Å². The molecule has 0 aromatic carbocycles. The molecular weight excluding hydrogens is 460 g/mol. The SMILES string of the molecule is CC(C)Cc1nc2cnc(-n3nccn3)cc2n1C1CCCC(NC(=O)c2ncc(Cl)s2)C1. The second kappa shape index (κ2) is 9.18. The molecule has 1 N–H and O–H groups in total. The third-order valence-electron chi connectivity index (χ3n) is 5.87. The van der Waals surface area contributed by atoms with Gasteiger partial charge in [-0.1, -0.05) is 36.8 Å². The number of carbonyl (C=O) groups is 1. The van der Waals surface area contributed by atoms with E-state index in [1.807, 2.05) is 6.07 Å². The molecule has 33 heavy (non-hydrogen) atoms. The van der Waals surface area contributed by atoms with Gasteiger partial charge in [0.15, 0.2) is 10.8 Å². The summed E-state index contributed by atoms with van der Waals surface area (Å²) in [5.74, 6) is 2.02. The molecule has 1 aliphatic rings. The average Bonchev–Trinajstić information content (AvgIpc) is 3.52. The number of pyridine rings is 1. The molecule has 4 aromatic rings. The molecule has 0 saturated heterocycles. The Balaban J connectivity index is 1.46. The van der Waals surface area contributed by atoms with Gasteiger partial charge in [-0.15, -0.1) is 4.80 Å². The van der Waals surface area contributed by atoms with Crippen molar-refractivity contribution in [1.82, 2.24) is 39.8 Å². The summed E-state index contributed by atoms with van der Waals surface area (Å²) in [4.78, 5) is 27.7. The van der Waals surface area contributed by atoms with Crippen molar-refractivity contribution in [3.05, 3.63) is 46.0 Å². The van der Waals surface area contributed by atoms with Crippen LogP contribution in [0.25, 0.3) is 16.9 Å². The first-order chi connectivity index (χ1) is 16.0. The summed E-state index contributed by atoms with van der Waals surface area (Å²) in [6.07, 6.45) is 11.3. The number of hydrogen-bond donors (Lipinski definition) is 1. The van der Waals surface area contributed by atoms with Crippen LogP contribution in [0.1, 0.15) is 61.2 Å². The van der Waals surface area contributed by atoms with Gasteiger partial charge in [-0.25, -0.2) is 15.0 Å². The zero-order valence-corrected chi connectivity index (χ0v) is 20.1. The predicted octanol–water partition coefficient (Wildman–Crippen LogP) is 4.23. The fraction of sp³-hybridized carbons (Fsp3) is 0.455. The molecule has 1 saturated carbocycles. The summed E-state index contributed by atoms with van der Waals surface area (Å²) in [5, 5.41) is 12.0. The highest BCUT2D eigenvalue weighted by Gasteiger charge is 2.29. The number of rotatable bonds is 6. The smallest absolute Gasteiger partial charge is 0.280 e. The van der Waals surface area contributed by atoms with Gasteiger partial charge in [0.25, 0.3) is 5.91 Å². The second-order valence-electron chi connectivity index (χ2n) is 8.81. The maximum atomic E-state index is 12.7. The molecule has 4 aromatic heterocycles. The maximum absolute atomic E-state index is 12.7. The molecule has 11 heteroatoms. The first-order valence-corrected chi connectivity index (χ1v) is 12.3. The van der Waals surface area contributed by atoms with Crippen molar-refractivity contribution in [2.24, 2.45) is 5.92 Å². The van der Waals surface area contributed by atoms with Crippen molar-refractivity contribution in [2.45, 2.75) is 58.0 Å². The van der Waals surface area contributed by atoms with E-state index in [1.54, 1.807) is 18.6 Å². The van der Waals surface area contributed by atoms with Crippen LogP contribution in [0.5, 0.6) is 0 Å². The van der Waals surface area contributed by atoms with E-state index in [2.05, 4.69) is 43.9 Å². The van der Waals surface area contributed by atoms with Crippen LogP contribution in [0.3, 0.4) is 0 Å². The maximum Gasteiger partial charge on any atom is 0.280 e. The van der Waals surface area contributed by atoms with E-state index in [0.717, 1.165) is 49.0 Å². The molecule has 5 rings (SSSR count). The van der Waals surface area contributed by atoms with Gasteiger partial charge in [-0.05, 0) is 31.6 Å². The zero-order valence-electron chi connectivity index (χ0n) is 18.5. The van der Waals surface area contributed by atoms with E-state index in [0.29, 0.717) is 21.1 Å². The molecule has 172 valence electrons. The van der Waals surface area contributed by atoms with Crippen LogP contribution < -0.4 is 5.32 Å². The summed E-state index contributed by atoms with van der Waals surface area (Å²) in [6, 6.07) is 2.30. The van der Waals surface area contributed by atoms with Crippen LogP contribution in [-0.2, 0) is 6.42 Å². The lowest BCUT2D eigenvalue weighted by Crippen LogP contribution is -2.39. The standard InChI is InChI=1S/C22H25ClN8OS/c1-13(2)8-20-29-16-11-24-19(31-26-6-7-27-31)10-17(16)30(20)15-5-3-4-14(9-15)28-21(32)22-25-12-18(23)33-22/h6-7,10-15H,3-5,8-9H2,1-2H3,(H,28,32). The van der Waals surface area contributed by atoms with Gasteiger partial charge in [-0.3, -0.25) is 4.79 Å². The molecule has 0 bridgehead atoms. The van der Waals surface area contributed by atoms with E-state index in [4.69, 9.17) is 16.6 Å². The highest BCUT2D eigenvalue weighted by Crippen LogP contribution is 2.34. The molecule has 1 aliphatic carbocycles. The molecule has 4 heterocycles. The van der Waals surface area contributed by atoms with E-state index < -0.39 is 0 Å². The lowest BCUT2D eigenvalue weighted by atomic mass is 9.90. The van der Waals surface area contributed by atoms with Crippen molar-refractivity contribution in [3.8, 4) is 5.82 Å². The summed E-state index contributed by atoms with van der Waals surface area (Å²) < 4.78 is 2.86. The topological polar surface area (TPSA) is 103 Å². The van der Waals surface area contributed by atoms with Gasteiger partial charge in [0, 0.05) is 24.6 Å². The van der Waals surface area contributed by atoms with Crippen LogP contribution in [0.15, 0.2) is 30.9 Å². The third-order valence-corrected chi connectivity index (χ3v) is 6.98. The van der Waals surface area contributed by atoms with E-state index in [9.17, 15) is 4.79 Å². The Morgan fingerprint density at radius 3 is 2.79 bits per heavy atom. The Morgan fingerprint density at radius 1 is 1.24 bits per heavy atom. The number of nitrogens with zero attached hydrogens (tertiary/aromatic N) is 7. The number of aromatic nitrogens is 7. The van der Waals surface area contributed by atoms with Crippen LogP contribution in [-0.4, -0.2) is 46.5 Å². The summed E-state index contributed by atoms with van der Waals surface area (Å²) in [6.45, 7) is 4.40. The van der Waals surface area contributed by atoms with Gasteiger partial charge in [0.2, 0.25) is 0 Å². The number of hydrogen-bond acceptors (Lipinski definition) is 7. The minimum atomic E-state index is -0.160. The summed E-state index contributed by atoms with van der Waals surface area (Å²) in [5.41, 5.74) is 1.89. The highest BCUT2D eigenvalue weighted by atomic mass is 35.5. The molecular formula is C22H25ClN8OS. The second-order valence-corrected chi connectivity index (χ2v) is 10.5. The largest absolute Gasteiger partial charge is 0.347 e. The number of carbonyl (C=O) groups excluding carboxylic acids is 1. The van der Waals surface area contributed by atoms with Crippen molar-refractivity contribution < 1.29 is 4.79 Å². The molecule has 2 unspecified atom stereocenters. The number of imidazole rings is 1. The van der Waals surface area contributed by atoms with Gasteiger partial charge < -0.3 is 9.88 Å². The molecule has 9 nitrogen and oxygen atoms in total. The molecule has 1 amide bonds. The Kier molecular flexibility index (Phi) is 6.11. The van der Waals surface area contributed by atoms with Crippen LogP contribution in [0.4, 0.5) is 0 Å². The molecule has 0 aliphatic heterocycles. The van der Waals surface area contributed by atoms with Crippen LogP contribution in [0.2, 0.25) is 4.34 Å². The first kappa shape index (κ1) is 22.0. The summed E-state index contributed by atoms with van der Waals surface area (Å²) >= 11 is 7.15. The van der Waals surface area contributed by atoms with Crippen molar-refractivity contribution in [2.75, 3.05) is 0 Å².